The van der Waals surface area contributed by atoms with Gasteiger partial charge in [-0.25, -0.2) is 4.98 Å². The number of hydrogen-bond acceptors (Lipinski definition) is 3. The molecule has 1 amide bonds. The maximum absolute atomic E-state index is 12.0. The number of pyridine rings is 1. The first-order valence-electron chi connectivity index (χ1n) is 6.95. The van der Waals surface area contributed by atoms with Crippen molar-refractivity contribution < 1.29 is 9.53 Å². The van der Waals surface area contributed by atoms with Crippen LogP contribution in [0.3, 0.4) is 0 Å². The number of nitrogens with one attached hydrogen (secondary N) is 1. The predicted molar refractivity (Wildman–Crippen MR) is 83.6 cm³/mol. The van der Waals surface area contributed by atoms with Gasteiger partial charge in [0, 0.05) is 24.4 Å². The second-order valence-corrected chi connectivity index (χ2v) is 5.15. The largest absolute Gasteiger partial charge is 0.481 e. The molecule has 0 radical (unpaired) electrons. The van der Waals surface area contributed by atoms with Gasteiger partial charge in [-0.2, -0.15) is 0 Å². The Morgan fingerprint density at radius 2 is 1.95 bits per heavy atom. The van der Waals surface area contributed by atoms with Crippen molar-refractivity contribution in [3.63, 3.8) is 0 Å². The molecule has 0 bridgehead atoms. The maximum atomic E-state index is 12.0. The van der Waals surface area contributed by atoms with Crippen LogP contribution in [0, 0.1) is 6.92 Å². The smallest absolute Gasteiger partial charge is 0.224 e. The third-order valence-electron chi connectivity index (χ3n) is 3.36. The summed E-state index contributed by atoms with van der Waals surface area (Å²) in [7, 11) is 1.58. The van der Waals surface area contributed by atoms with Gasteiger partial charge in [0.1, 0.15) is 0 Å². The highest BCUT2D eigenvalue weighted by Gasteiger charge is 2.12. The summed E-state index contributed by atoms with van der Waals surface area (Å²) in [6, 6.07) is 11.5. The van der Waals surface area contributed by atoms with Gasteiger partial charge in [0.05, 0.1) is 7.11 Å². The van der Waals surface area contributed by atoms with E-state index < -0.39 is 0 Å². The van der Waals surface area contributed by atoms with Crippen LogP contribution in [0.2, 0.25) is 0 Å². The van der Waals surface area contributed by atoms with Crippen LogP contribution in [0.25, 0.3) is 0 Å². The third-order valence-corrected chi connectivity index (χ3v) is 3.36. The van der Waals surface area contributed by atoms with Gasteiger partial charge in [0.2, 0.25) is 11.8 Å². The number of carbonyl (C=O) groups is 1. The molecule has 1 heterocycles. The molecular weight excluding hydrogens is 264 g/mol. The first kappa shape index (κ1) is 15.0. The average molecular weight is 284 g/mol. The van der Waals surface area contributed by atoms with Crippen molar-refractivity contribution in [1.29, 1.82) is 0 Å². The van der Waals surface area contributed by atoms with Crippen LogP contribution in [0.15, 0.2) is 42.6 Å². The number of hydrogen-bond donors (Lipinski definition) is 1. The zero-order valence-electron chi connectivity index (χ0n) is 12.6. The fraction of sp³-hybridized carbons (Fsp3) is 0.294. The Balaban J connectivity index is 1.93. The minimum atomic E-state index is 0.00201. The van der Waals surface area contributed by atoms with Crippen LogP contribution in [-0.2, 0) is 4.79 Å². The van der Waals surface area contributed by atoms with Crippen LogP contribution in [0.5, 0.6) is 5.88 Å². The summed E-state index contributed by atoms with van der Waals surface area (Å²) in [5.74, 6) is 0.686. The van der Waals surface area contributed by atoms with E-state index in [4.69, 9.17) is 4.74 Å². The van der Waals surface area contributed by atoms with Crippen LogP contribution in [0.1, 0.15) is 30.4 Å². The molecule has 0 spiro atoms. The van der Waals surface area contributed by atoms with Crippen molar-refractivity contribution >= 4 is 11.6 Å². The number of rotatable bonds is 5. The predicted octanol–water partition coefficient (Wildman–Crippen LogP) is 3.53. The molecule has 21 heavy (non-hydrogen) atoms. The molecule has 0 saturated carbocycles. The normalized spacial score (nSPS) is 11.8. The van der Waals surface area contributed by atoms with Crippen molar-refractivity contribution in [2.45, 2.75) is 26.2 Å². The lowest BCUT2D eigenvalue weighted by molar-refractivity contribution is -0.116. The number of aromatic nitrogens is 1. The first-order chi connectivity index (χ1) is 10.1. The van der Waals surface area contributed by atoms with Gasteiger partial charge in [0.15, 0.2) is 0 Å². The second kappa shape index (κ2) is 6.88. The minimum Gasteiger partial charge on any atom is -0.481 e. The summed E-state index contributed by atoms with van der Waals surface area (Å²) in [5.41, 5.74) is 3.02. The van der Waals surface area contributed by atoms with E-state index in [1.807, 2.05) is 50.2 Å². The fourth-order valence-electron chi connectivity index (χ4n) is 2.05. The molecule has 0 aliphatic rings. The van der Waals surface area contributed by atoms with E-state index in [1.165, 1.54) is 5.56 Å². The summed E-state index contributed by atoms with van der Waals surface area (Å²) >= 11 is 0. The van der Waals surface area contributed by atoms with Gasteiger partial charge >= 0.3 is 0 Å². The summed E-state index contributed by atoms with van der Waals surface area (Å²) in [5, 5.41) is 2.91. The van der Waals surface area contributed by atoms with E-state index in [0.717, 1.165) is 11.3 Å². The Morgan fingerprint density at radius 3 is 2.52 bits per heavy atom. The van der Waals surface area contributed by atoms with Gasteiger partial charge < -0.3 is 10.1 Å². The summed E-state index contributed by atoms with van der Waals surface area (Å²) in [4.78, 5) is 16.2. The molecule has 1 aromatic heterocycles. The van der Waals surface area contributed by atoms with Crippen molar-refractivity contribution in [3.05, 3.63) is 53.7 Å². The van der Waals surface area contributed by atoms with Crippen molar-refractivity contribution in [2.75, 3.05) is 12.4 Å². The van der Waals surface area contributed by atoms with Gasteiger partial charge in [-0.15, -0.1) is 0 Å². The Labute approximate surface area is 125 Å². The fourth-order valence-corrected chi connectivity index (χ4v) is 2.05. The number of methoxy groups -OCH3 is 1. The molecular formula is C17H20N2O2. The molecule has 0 aliphatic heterocycles. The highest BCUT2D eigenvalue weighted by atomic mass is 16.5. The van der Waals surface area contributed by atoms with Crippen molar-refractivity contribution in [1.82, 2.24) is 4.98 Å². The molecule has 110 valence electrons. The average Bonchev–Trinajstić information content (AvgIpc) is 2.49. The van der Waals surface area contributed by atoms with E-state index in [1.54, 1.807) is 13.3 Å². The molecule has 0 aliphatic carbocycles. The van der Waals surface area contributed by atoms with Gasteiger partial charge in [-0.1, -0.05) is 30.7 Å². The van der Waals surface area contributed by atoms with Gasteiger partial charge in [-0.3, -0.25) is 4.79 Å². The molecule has 1 aromatic carbocycles. The highest BCUT2D eigenvalue weighted by Crippen LogP contribution is 2.20. The number of aryl methyl sites for hydroxylation is 1. The lowest BCUT2D eigenvalue weighted by Gasteiger charge is -2.12. The van der Waals surface area contributed by atoms with Crippen LogP contribution >= 0.6 is 0 Å². The van der Waals surface area contributed by atoms with E-state index in [2.05, 4.69) is 10.3 Å². The van der Waals surface area contributed by atoms with Gasteiger partial charge in [0.25, 0.3) is 0 Å². The summed E-state index contributed by atoms with van der Waals surface area (Å²) in [6.45, 7) is 4.03. The number of amides is 1. The Morgan fingerprint density at radius 1 is 1.24 bits per heavy atom. The zero-order chi connectivity index (χ0) is 15.2. The van der Waals surface area contributed by atoms with E-state index in [0.29, 0.717) is 12.3 Å². The topological polar surface area (TPSA) is 51.2 Å². The standard InChI is InChI=1S/C17H20N2O2/c1-12-4-7-15(8-5-12)19-16(20)10-13(2)14-6-9-17(21-3)18-11-14/h4-9,11,13H,10H2,1-3H3,(H,19,20). The molecule has 2 aromatic rings. The number of anilines is 1. The second-order valence-electron chi connectivity index (χ2n) is 5.15. The number of nitrogens with zero attached hydrogens (tertiary/aromatic N) is 1. The lowest BCUT2D eigenvalue weighted by atomic mass is 9.99. The molecule has 1 N–H and O–H groups in total. The molecule has 0 fully saturated rings. The Bertz CT molecular complexity index is 591. The van der Waals surface area contributed by atoms with E-state index in [9.17, 15) is 4.79 Å². The molecule has 1 atom stereocenters. The SMILES string of the molecule is COc1ccc(C(C)CC(=O)Nc2ccc(C)cc2)cn1. The Hall–Kier alpha value is -2.36. The van der Waals surface area contributed by atoms with E-state index >= 15 is 0 Å². The van der Waals surface area contributed by atoms with Gasteiger partial charge in [-0.05, 0) is 30.5 Å². The molecule has 4 nitrogen and oxygen atoms in total. The molecule has 1 unspecified atom stereocenters. The van der Waals surface area contributed by atoms with Crippen molar-refractivity contribution in [3.8, 4) is 5.88 Å². The van der Waals surface area contributed by atoms with Crippen LogP contribution in [-0.4, -0.2) is 18.0 Å². The molecule has 4 heteroatoms. The van der Waals surface area contributed by atoms with Crippen molar-refractivity contribution in [2.24, 2.45) is 0 Å². The summed E-state index contributed by atoms with van der Waals surface area (Å²) < 4.78 is 5.03. The highest BCUT2D eigenvalue weighted by molar-refractivity contribution is 5.91. The third kappa shape index (κ3) is 4.31. The molecule has 2 rings (SSSR count). The monoisotopic (exact) mass is 284 g/mol. The number of ether oxygens (including phenoxy) is 1. The van der Waals surface area contributed by atoms with Crippen LogP contribution in [0.4, 0.5) is 5.69 Å². The summed E-state index contributed by atoms with van der Waals surface area (Å²) in [6.07, 6.45) is 2.17. The number of benzene rings is 1. The quantitative estimate of drug-likeness (QED) is 0.913. The Kier molecular flexibility index (Phi) is 4.93. The van der Waals surface area contributed by atoms with E-state index in [-0.39, 0.29) is 11.8 Å². The first-order valence-corrected chi connectivity index (χ1v) is 6.95. The van der Waals surface area contributed by atoms with Crippen LogP contribution < -0.4 is 10.1 Å². The molecule has 0 saturated heterocycles. The lowest BCUT2D eigenvalue weighted by Crippen LogP contribution is -2.14. The maximum Gasteiger partial charge on any atom is 0.224 e. The number of carbonyl (C=O) groups excluding carboxylic acids is 1. The zero-order valence-corrected chi connectivity index (χ0v) is 12.6. The minimum absolute atomic E-state index is 0.00201.